The van der Waals surface area contributed by atoms with Gasteiger partial charge >= 0.3 is 0 Å². The van der Waals surface area contributed by atoms with Crippen molar-refractivity contribution >= 4 is 28.3 Å². The Balaban J connectivity index is 1.63. The summed E-state index contributed by atoms with van der Waals surface area (Å²) in [4.78, 5) is 22.7. The summed E-state index contributed by atoms with van der Waals surface area (Å²) in [5, 5.41) is 5.41. The van der Waals surface area contributed by atoms with E-state index in [-0.39, 0.29) is 12.4 Å². The largest absolute Gasteiger partial charge is 0.454 e. The fraction of sp³-hybridized carbons (Fsp3) is 0.130. The molecule has 32 heavy (non-hydrogen) atoms. The number of para-hydroxylation sites is 1. The van der Waals surface area contributed by atoms with Crippen molar-refractivity contribution in [2.45, 2.75) is 13.5 Å². The second-order valence-corrected chi connectivity index (χ2v) is 7.88. The summed E-state index contributed by atoms with van der Waals surface area (Å²) in [6.07, 6.45) is 1.73. The van der Waals surface area contributed by atoms with Crippen molar-refractivity contribution in [1.29, 1.82) is 0 Å². The third kappa shape index (κ3) is 2.84. The average molecular weight is 446 g/mol. The van der Waals surface area contributed by atoms with Crippen LogP contribution in [0.2, 0.25) is 5.02 Å². The molecule has 0 saturated heterocycles. The van der Waals surface area contributed by atoms with Crippen LogP contribution >= 0.6 is 11.6 Å². The number of fused-ring (bicyclic) bond motifs is 3. The Labute approximate surface area is 186 Å². The molecule has 2 aromatic carbocycles. The normalized spacial score (nSPS) is 12.7. The summed E-state index contributed by atoms with van der Waals surface area (Å²) in [6, 6.07) is 14.8. The summed E-state index contributed by atoms with van der Waals surface area (Å²) in [6.45, 7) is 2.27. The molecule has 3 aromatic heterocycles. The lowest BCUT2D eigenvalue weighted by molar-refractivity contribution is 0.173. The molecule has 0 aliphatic carbocycles. The number of rotatable bonds is 3. The van der Waals surface area contributed by atoms with Crippen LogP contribution in [0.4, 0.5) is 0 Å². The minimum absolute atomic E-state index is 0.170. The van der Waals surface area contributed by atoms with Gasteiger partial charge in [-0.1, -0.05) is 41.9 Å². The minimum Gasteiger partial charge on any atom is -0.454 e. The number of pyridine rings is 1. The van der Waals surface area contributed by atoms with Crippen LogP contribution in [-0.2, 0) is 6.54 Å². The molecule has 0 unspecified atom stereocenters. The molecule has 0 bridgehead atoms. The molecule has 8 nitrogen and oxygen atoms in total. The molecule has 0 radical (unpaired) electrons. The molecule has 9 heteroatoms. The van der Waals surface area contributed by atoms with Crippen LogP contribution in [0, 0.1) is 6.92 Å². The molecule has 6 rings (SSSR count). The maximum atomic E-state index is 13.7. The Kier molecular flexibility index (Phi) is 4.16. The number of ether oxygens (including phenoxy) is 2. The van der Waals surface area contributed by atoms with E-state index in [1.54, 1.807) is 28.3 Å². The third-order valence-electron chi connectivity index (χ3n) is 5.46. The SMILES string of the molecule is Cc1nc2nc3ccn(Cc4cccc5c4OCO5)c(=O)c3c(-c3ccccc3Cl)n2n1. The van der Waals surface area contributed by atoms with E-state index in [2.05, 4.69) is 15.1 Å². The highest BCUT2D eigenvalue weighted by atomic mass is 35.5. The molecule has 0 amide bonds. The Morgan fingerprint density at radius 1 is 1.06 bits per heavy atom. The van der Waals surface area contributed by atoms with Crippen LogP contribution in [0.25, 0.3) is 27.9 Å². The van der Waals surface area contributed by atoms with Crippen LogP contribution in [0.15, 0.2) is 59.5 Å². The molecule has 0 N–H and O–H groups in total. The zero-order chi connectivity index (χ0) is 21.8. The summed E-state index contributed by atoms with van der Waals surface area (Å²) in [7, 11) is 0. The van der Waals surface area contributed by atoms with Crippen LogP contribution in [0.5, 0.6) is 11.5 Å². The maximum Gasteiger partial charge on any atom is 0.262 e. The minimum atomic E-state index is -0.212. The van der Waals surface area contributed by atoms with Crippen molar-refractivity contribution in [2.75, 3.05) is 6.79 Å². The van der Waals surface area contributed by atoms with Crippen molar-refractivity contribution < 1.29 is 9.47 Å². The number of benzene rings is 2. The smallest absolute Gasteiger partial charge is 0.262 e. The second kappa shape index (κ2) is 7.06. The van der Waals surface area contributed by atoms with Crippen LogP contribution in [0.3, 0.4) is 0 Å². The molecule has 0 saturated carbocycles. The molecular weight excluding hydrogens is 430 g/mol. The van der Waals surface area contributed by atoms with Gasteiger partial charge in [-0.15, -0.1) is 5.10 Å². The van der Waals surface area contributed by atoms with E-state index in [1.807, 2.05) is 42.5 Å². The fourth-order valence-electron chi connectivity index (χ4n) is 4.05. The number of hydrogen-bond donors (Lipinski definition) is 0. The quantitative estimate of drug-likeness (QED) is 0.419. The third-order valence-corrected chi connectivity index (χ3v) is 5.79. The van der Waals surface area contributed by atoms with E-state index in [1.165, 1.54) is 0 Å². The molecule has 1 aliphatic heterocycles. The number of aryl methyl sites for hydroxylation is 1. The lowest BCUT2D eigenvalue weighted by atomic mass is 10.1. The number of halogens is 1. The van der Waals surface area contributed by atoms with E-state index in [9.17, 15) is 4.79 Å². The summed E-state index contributed by atoms with van der Waals surface area (Å²) in [5.41, 5.74) is 2.42. The van der Waals surface area contributed by atoms with Gasteiger partial charge in [0.15, 0.2) is 11.5 Å². The van der Waals surface area contributed by atoms with E-state index < -0.39 is 0 Å². The predicted molar refractivity (Wildman–Crippen MR) is 119 cm³/mol. The first-order chi connectivity index (χ1) is 15.6. The predicted octanol–water partition coefficient (Wildman–Crippen LogP) is 3.85. The van der Waals surface area contributed by atoms with E-state index >= 15 is 0 Å². The first-order valence-electron chi connectivity index (χ1n) is 9.99. The van der Waals surface area contributed by atoms with Gasteiger partial charge in [-0.2, -0.15) is 9.50 Å². The van der Waals surface area contributed by atoms with Gasteiger partial charge in [-0.3, -0.25) is 4.79 Å². The summed E-state index contributed by atoms with van der Waals surface area (Å²) in [5.74, 6) is 2.30. The Hall–Kier alpha value is -3.91. The molecule has 0 spiro atoms. The second-order valence-electron chi connectivity index (χ2n) is 7.47. The van der Waals surface area contributed by atoms with Gasteiger partial charge in [0.1, 0.15) is 5.82 Å². The highest BCUT2D eigenvalue weighted by Gasteiger charge is 2.21. The maximum absolute atomic E-state index is 13.7. The van der Waals surface area contributed by atoms with Crippen LogP contribution < -0.4 is 15.0 Å². The molecule has 158 valence electrons. The van der Waals surface area contributed by atoms with Gasteiger partial charge < -0.3 is 14.0 Å². The van der Waals surface area contributed by atoms with Crippen molar-refractivity contribution in [3.63, 3.8) is 0 Å². The lowest BCUT2D eigenvalue weighted by Crippen LogP contribution is -2.22. The Morgan fingerprint density at radius 2 is 1.94 bits per heavy atom. The van der Waals surface area contributed by atoms with Crippen LogP contribution in [-0.4, -0.2) is 30.9 Å². The Bertz CT molecular complexity index is 1590. The van der Waals surface area contributed by atoms with E-state index in [0.717, 1.165) is 5.56 Å². The fourth-order valence-corrected chi connectivity index (χ4v) is 4.27. The zero-order valence-electron chi connectivity index (χ0n) is 16.9. The highest BCUT2D eigenvalue weighted by molar-refractivity contribution is 6.33. The summed E-state index contributed by atoms with van der Waals surface area (Å²) >= 11 is 6.53. The monoisotopic (exact) mass is 445 g/mol. The highest BCUT2D eigenvalue weighted by Crippen LogP contribution is 2.36. The van der Waals surface area contributed by atoms with Gasteiger partial charge in [0, 0.05) is 22.3 Å². The van der Waals surface area contributed by atoms with Crippen molar-refractivity contribution in [3.8, 4) is 22.8 Å². The number of nitrogens with zero attached hydrogens (tertiary/aromatic N) is 5. The van der Waals surface area contributed by atoms with Crippen LogP contribution in [0.1, 0.15) is 11.4 Å². The lowest BCUT2D eigenvalue weighted by Gasteiger charge is -2.13. The van der Waals surface area contributed by atoms with Crippen molar-refractivity contribution in [2.24, 2.45) is 0 Å². The van der Waals surface area contributed by atoms with Crippen molar-refractivity contribution in [1.82, 2.24) is 24.1 Å². The van der Waals surface area contributed by atoms with Gasteiger partial charge in [0.25, 0.3) is 11.3 Å². The molecular formula is C23H16ClN5O3. The zero-order valence-corrected chi connectivity index (χ0v) is 17.7. The van der Waals surface area contributed by atoms with Gasteiger partial charge in [-0.05, 0) is 25.1 Å². The molecule has 5 aromatic rings. The average Bonchev–Trinajstić information content (AvgIpc) is 3.41. The summed E-state index contributed by atoms with van der Waals surface area (Å²) < 4.78 is 14.3. The van der Waals surface area contributed by atoms with Gasteiger partial charge in [-0.25, -0.2) is 4.98 Å². The Morgan fingerprint density at radius 3 is 2.81 bits per heavy atom. The van der Waals surface area contributed by atoms with E-state index in [4.69, 9.17) is 21.1 Å². The van der Waals surface area contributed by atoms with Crippen molar-refractivity contribution in [3.05, 3.63) is 81.5 Å². The molecule has 4 heterocycles. The van der Waals surface area contributed by atoms with Gasteiger partial charge in [0.05, 0.1) is 23.1 Å². The number of aromatic nitrogens is 5. The molecule has 1 aliphatic rings. The first kappa shape index (κ1) is 18.8. The molecule has 0 atom stereocenters. The topological polar surface area (TPSA) is 83.5 Å². The van der Waals surface area contributed by atoms with E-state index in [0.29, 0.717) is 56.8 Å². The standard InChI is InChI=1S/C23H16ClN5O3/c1-13-25-23-26-17-9-10-28(11-14-5-4-8-18-21(14)32-12-31-18)22(30)19(17)20(29(23)27-13)15-6-2-3-7-16(15)24/h2-10H,11-12H2,1H3. The first-order valence-corrected chi connectivity index (χ1v) is 10.4. The van der Waals surface area contributed by atoms with Gasteiger partial charge in [0.2, 0.25) is 6.79 Å². The molecule has 0 fully saturated rings. The number of hydrogen-bond acceptors (Lipinski definition) is 6.